The molecule has 1 unspecified atom stereocenters. The molecule has 18 heavy (non-hydrogen) atoms. The van der Waals surface area contributed by atoms with E-state index in [0.29, 0.717) is 19.5 Å². The van der Waals surface area contributed by atoms with E-state index in [1.807, 2.05) is 24.0 Å². The molecule has 1 heterocycles. The van der Waals surface area contributed by atoms with Crippen molar-refractivity contribution in [1.29, 1.82) is 5.26 Å². The lowest BCUT2D eigenvalue weighted by molar-refractivity contribution is -0.134. The first-order chi connectivity index (χ1) is 8.60. The third-order valence-corrected chi connectivity index (χ3v) is 3.87. The van der Waals surface area contributed by atoms with Crippen LogP contribution in [0.2, 0.25) is 0 Å². The van der Waals surface area contributed by atoms with Gasteiger partial charge in [0, 0.05) is 24.0 Å². The van der Waals surface area contributed by atoms with Gasteiger partial charge in [0.15, 0.2) is 0 Å². The van der Waals surface area contributed by atoms with Crippen molar-refractivity contribution in [2.75, 3.05) is 6.54 Å². The minimum absolute atomic E-state index is 0.0900. The summed E-state index contributed by atoms with van der Waals surface area (Å²) in [4.78, 5) is 13.8. The molecule has 0 spiro atoms. The quantitative estimate of drug-likeness (QED) is 0.843. The number of carbonyl (C=O) groups excluding carboxylic acids is 1. The second-order valence-corrected chi connectivity index (χ2v) is 5.62. The fourth-order valence-corrected chi connectivity index (χ4v) is 2.58. The van der Waals surface area contributed by atoms with E-state index in [4.69, 9.17) is 5.26 Å². The van der Waals surface area contributed by atoms with Crippen molar-refractivity contribution < 1.29 is 4.79 Å². The SMILES string of the molecule is Cc1ccc(Br)cc1CN1CCC(C#N)CC1=O. The fourth-order valence-electron chi connectivity index (χ4n) is 2.17. The summed E-state index contributed by atoms with van der Waals surface area (Å²) < 4.78 is 1.03. The number of amides is 1. The zero-order valence-corrected chi connectivity index (χ0v) is 11.9. The van der Waals surface area contributed by atoms with E-state index in [1.54, 1.807) is 0 Å². The summed E-state index contributed by atoms with van der Waals surface area (Å²) >= 11 is 3.45. The Hall–Kier alpha value is -1.34. The molecule has 1 atom stereocenters. The van der Waals surface area contributed by atoms with Crippen LogP contribution in [0.15, 0.2) is 22.7 Å². The van der Waals surface area contributed by atoms with Crippen molar-refractivity contribution in [1.82, 2.24) is 4.90 Å². The number of nitriles is 1. The first-order valence-electron chi connectivity index (χ1n) is 6.02. The summed E-state index contributed by atoms with van der Waals surface area (Å²) in [5, 5.41) is 8.84. The van der Waals surface area contributed by atoms with Gasteiger partial charge in [-0.1, -0.05) is 22.0 Å². The summed E-state index contributed by atoms with van der Waals surface area (Å²) in [6.45, 7) is 3.37. The van der Waals surface area contributed by atoms with Crippen LogP contribution in [-0.2, 0) is 11.3 Å². The van der Waals surface area contributed by atoms with Gasteiger partial charge in [-0.25, -0.2) is 0 Å². The number of halogens is 1. The lowest BCUT2D eigenvalue weighted by Crippen LogP contribution is -2.38. The molecule has 1 aromatic carbocycles. The van der Waals surface area contributed by atoms with Crippen molar-refractivity contribution in [3.8, 4) is 6.07 Å². The van der Waals surface area contributed by atoms with E-state index in [9.17, 15) is 4.79 Å². The molecule has 94 valence electrons. The van der Waals surface area contributed by atoms with Gasteiger partial charge in [-0.05, 0) is 36.6 Å². The lowest BCUT2D eigenvalue weighted by Gasteiger charge is -2.29. The summed E-state index contributed by atoms with van der Waals surface area (Å²) in [6, 6.07) is 8.29. The van der Waals surface area contributed by atoms with Crippen molar-refractivity contribution in [2.24, 2.45) is 5.92 Å². The van der Waals surface area contributed by atoms with Gasteiger partial charge >= 0.3 is 0 Å². The average Bonchev–Trinajstić information content (AvgIpc) is 2.36. The standard InChI is InChI=1S/C14H15BrN2O/c1-10-2-3-13(15)7-12(10)9-17-5-4-11(8-16)6-14(17)18/h2-3,7,11H,4-6,9H2,1H3. The van der Waals surface area contributed by atoms with E-state index < -0.39 is 0 Å². The predicted molar refractivity (Wildman–Crippen MR) is 72.6 cm³/mol. The van der Waals surface area contributed by atoms with Gasteiger partial charge in [-0.15, -0.1) is 0 Å². The number of hydrogen-bond acceptors (Lipinski definition) is 2. The lowest BCUT2D eigenvalue weighted by atomic mass is 9.97. The molecule has 0 radical (unpaired) electrons. The Kier molecular flexibility index (Phi) is 4.03. The molecule has 4 heteroatoms. The first kappa shape index (κ1) is 13.1. The Bertz CT molecular complexity index is 507. The van der Waals surface area contributed by atoms with Gasteiger partial charge in [0.1, 0.15) is 0 Å². The first-order valence-corrected chi connectivity index (χ1v) is 6.82. The second-order valence-electron chi connectivity index (χ2n) is 4.70. The van der Waals surface area contributed by atoms with Crippen LogP contribution in [0.3, 0.4) is 0 Å². The number of aryl methyl sites for hydroxylation is 1. The highest BCUT2D eigenvalue weighted by Gasteiger charge is 2.25. The molecule has 0 aliphatic carbocycles. The summed E-state index contributed by atoms with van der Waals surface area (Å²) in [6.07, 6.45) is 1.15. The zero-order valence-electron chi connectivity index (χ0n) is 10.3. The molecule has 0 saturated carbocycles. The second kappa shape index (κ2) is 5.53. The van der Waals surface area contributed by atoms with Gasteiger partial charge in [0.2, 0.25) is 5.91 Å². The van der Waals surface area contributed by atoms with E-state index >= 15 is 0 Å². The van der Waals surface area contributed by atoms with Crippen LogP contribution >= 0.6 is 15.9 Å². The number of hydrogen-bond donors (Lipinski definition) is 0. The van der Waals surface area contributed by atoms with Gasteiger partial charge in [0.05, 0.1) is 12.0 Å². The van der Waals surface area contributed by atoms with Crippen molar-refractivity contribution in [3.05, 3.63) is 33.8 Å². The Balaban J connectivity index is 2.08. The molecule has 2 rings (SSSR count). The largest absolute Gasteiger partial charge is 0.338 e. The molecule has 0 aromatic heterocycles. The Labute approximate surface area is 116 Å². The molecule has 0 bridgehead atoms. The molecule has 1 amide bonds. The molecule has 0 N–H and O–H groups in total. The molecule has 3 nitrogen and oxygen atoms in total. The number of nitrogens with zero attached hydrogens (tertiary/aromatic N) is 2. The minimum atomic E-state index is -0.0997. The maximum absolute atomic E-state index is 11.9. The van der Waals surface area contributed by atoms with Crippen molar-refractivity contribution in [3.63, 3.8) is 0 Å². The average molecular weight is 307 g/mol. The van der Waals surface area contributed by atoms with E-state index in [1.165, 1.54) is 5.56 Å². The fraction of sp³-hybridized carbons (Fsp3) is 0.429. The normalized spacial score (nSPS) is 19.7. The number of rotatable bonds is 2. The Morgan fingerprint density at radius 2 is 2.33 bits per heavy atom. The highest BCUT2D eigenvalue weighted by molar-refractivity contribution is 9.10. The number of carbonyl (C=O) groups is 1. The maximum Gasteiger partial charge on any atom is 0.224 e. The molecule has 1 fully saturated rings. The summed E-state index contributed by atoms with van der Waals surface area (Å²) in [5.74, 6) is -0.00969. The molecular weight excluding hydrogens is 292 g/mol. The Morgan fingerprint density at radius 3 is 3.00 bits per heavy atom. The molecule has 1 aliphatic heterocycles. The Morgan fingerprint density at radius 1 is 1.56 bits per heavy atom. The van der Waals surface area contributed by atoms with Crippen molar-refractivity contribution >= 4 is 21.8 Å². The van der Waals surface area contributed by atoms with E-state index in [0.717, 1.165) is 16.5 Å². The third kappa shape index (κ3) is 2.91. The van der Waals surface area contributed by atoms with Crippen LogP contribution in [-0.4, -0.2) is 17.4 Å². The van der Waals surface area contributed by atoms with Crippen LogP contribution in [0.5, 0.6) is 0 Å². The monoisotopic (exact) mass is 306 g/mol. The zero-order chi connectivity index (χ0) is 13.1. The van der Waals surface area contributed by atoms with Crippen molar-refractivity contribution in [2.45, 2.75) is 26.3 Å². The van der Waals surface area contributed by atoms with Gasteiger partial charge in [0.25, 0.3) is 0 Å². The topological polar surface area (TPSA) is 44.1 Å². The highest BCUT2D eigenvalue weighted by Crippen LogP contribution is 2.22. The molecule has 1 aliphatic rings. The van der Waals surface area contributed by atoms with Gasteiger partial charge in [-0.3, -0.25) is 4.79 Å². The maximum atomic E-state index is 11.9. The summed E-state index contributed by atoms with van der Waals surface area (Å²) in [7, 11) is 0. The number of benzene rings is 1. The molecular formula is C14H15BrN2O. The van der Waals surface area contributed by atoms with Crippen LogP contribution < -0.4 is 0 Å². The van der Waals surface area contributed by atoms with Crippen LogP contribution in [0.1, 0.15) is 24.0 Å². The molecule has 1 aromatic rings. The molecule has 1 saturated heterocycles. The van der Waals surface area contributed by atoms with E-state index in [-0.39, 0.29) is 11.8 Å². The van der Waals surface area contributed by atoms with Crippen LogP contribution in [0.4, 0.5) is 0 Å². The minimum Gasteiger partial charge on any atom is -0.338 e. The smallest absolute Gasteiger partial charge is 0.224 e. The summed E-state index contributed by atoms with van der Waals surface area (Å²) in [5.41, 5.74) is 2.35. The number of piperidine rings is 1. The van der Waals surface area contributed by atoms with Crippen LogP contribution in [0, 0.1) is 24.2 Å². The van der Waals surface area contributed by atoms with Crippen LogP contribution in [0.25, 0.3) is 0 Å². The van der Waals surface area contributed by atoms with Gasteiger partial charge < -0.3 is 4.90 Å². The van der Waals surface area contributed by atoms with E-state index in [2.05, 4.69) is 28.1 Å². The van der Waals surface area contributed by atoms with Gasteiger partial charge in [-0.2, -0.15) is 5.26 Å². The number of likely N-dealkylation sites (tertiary alicyclic amines) is 1. The predicted octanol–water partition coefficient (Wildman–Crippen LogP) is 3.02. The third-order valence-electron chi connectivity index (χ3n) is 3.38. The highest BCUT2D eigenvalue weighted by atomic mass is 79.9.